The van der Waals surface area contributed by atoms with Crippen LogP contribution in [0, 0.1) is 4.91 Å². The van der Waals surface area contributed by atoms with Crippen LogP contribution in [0.2, 0.25) is 0 Å². The van der Waals surface area contributed by atoms with Crippen LogP contribution < -0.4 is 0 Å². The first-order valence-electron chi connectivity index (χ1n) is 3.32. The Hall–Kier alpha value is -1.22. The Morgan fingerprint density at radius 2 is 1.92 bits per heavy atom. The molecule has 3 nitrogen and oxygen atoms in total. The van der Waals surface area contributed by atoms with Crippen molar-refractivity contribution in [2.75, 3.05) is 0 Å². The summed E-state index contributed by atoms with van der Waals surface area (Å²) in [7, 11) is 0. The van der Waals surface area contributed by atoms with Crippen molar-refractivity contribution in [3.05, 3.63) is 40.8 Å². The van der Waals surface area contributed by atoms with E-state index in [1.54, 1.807) is 30.3 Å². The van der Waals surface area contributed by atoms with E-state index < -0.39 is 11.3 Å². The van der Waals surface area contributed by atoms with Gasteiger partial charge in [0.2, 0.25) is 0 Å². The summed E-state index contributed by atoms with van der Waals surface area (Å²) >= 11 is 5.15. The van der Waals surface area contributed by atoms with Crippen molar-refractivity contribution in [1.82, 2.24) is 0 Å². The molecule has 0 aliphatic heterocycles. The van der Waals surface area contributed by atoms with Crippen LogP contribution in [0.4, 0.5) is 0 Å². The maximum atomic E-state index is 10.6. The van der Waals surface area contributed by atoms with Gasteiger partial charge in [-0.2, -0.15) is 0 Å². The van der Waals surface area contributed by atoms with E-state index in [9.17, 15) is 9.70 Å². The topological polar surface area (TPSA) is 46.5 Å². The molecule has 0 bridgehead atoms. The van der Waals surface area contributed by atoms with Gasteiger partial charge in [-0.15, -0.1) is 4.91 Å². The van der Waals surface area contributed by atoms with Gasteiger partial charge in [0.15, 0.2) is 6.04 Å². The summed E-state index contributed by atoms with van der Waals surface area (Å²) < 4.78 is 0. The van der Waals surface area contributed by atoms with Crippen molar-refractivity contribution in [2.45, 2.75) is 6.04 Å². The zero-order valence-electron chi connectivity index (χ0n) is 6.11. The Bertz CT molecular complexity index is 286. The molecular weight excluding hydrogens is 178 g/mol. The average molecular weight is 184 g/mol. The van der Waals surface area contributed by atoms with Crippen LogP contribution in [0.1, 0.15) is 11.6 Å². The molecular formula is C8H6ClNO2. The SMILES string of the molecule is O=NC(C(=O)Cl)c1ccccc1. The predicted octanol–water partition coefficient (Wildman–Crippen LogP) is 2.26. The summed E-state index contributed by atoms with van der Waals surface area (Å²) in [6.07, 6.45) is 0. The Balaban J connectivity index is 2.95. The number of rotatable bonds is 3. The van der Waals surface area contributed by atoms with E-state index in [-0.39, 0.29) is 0 Å². The van der Waals surface area contributed by atoms with Gasteiger partial charge in [-0.05, 0) is 17.2 Å². The van der Waals surface area contributed by atoms with Crippen LogP contribution in [-0.2, 0) is 4.79 Å². The highest BCUT2D eigenvalue weighted by Crippen LogP contribution is 2.18. The van der Waals surface area contributed by atoms with Gasteiger partial charge in [0.1, 0.15) is 0 Å². The number of hydrogen-bond donors (Lipinski definition) is 0. The Kier molecular flexibility index (Phi) is 2.94. The molecule has 1 rings (SSSR count). The third kappa shape index (κ3) is 1.89. The van der Waals surface area contributed by atoms with Crippen molar-refractivity contribution in [3.63, 3.8) is 0 Å². The monoisotopic (exact) mass is 183 g/mol. The molecule has 0 aliphatic carbocycles. The highest BCUT2D eigenvalue weighted by Gasteiger charge is 2.18. The zero-order valence-corrected chi connectivity index (χ0v) is 6.86. The summed E-state index contributed by atoms with van der Waals surface area (Å²) in [6, 6.07) is 7.40. The third-order valence-corrected chi connectivity index (χ3v) is 1.64. The number of halogens is 1. The number of hydrogen-bond acceptors (Lipinski definition) is 3. The Labute approximate surface area is 74.3 Å². The molecule has 0 fully saturated rings. The molecule has 0 amide bonds. The normalized spacial score (nSPS) is 12.1. The van der Waals surface area contributed by atoms with Gasteiger partial charge in [-0.25, -0.2) is 0 Å². The van der Waals surface area contributed by atoms with Gasteiger partial charge in [0, 0.05) is 0 Å². The first-order valence-corrected chi connectivity index (χ1v) is 3.70. The van der Waals surface area contributed by atoms with Gasteiger partial charge < -0.3 is 0 Å². The number of carbonyl (C=O) groups excluding carboxylic acids is 1. The quantitative estimate of drug-likeness (QED) is 0.533. The fourth-order valence-electron chi connectivity index (χ4n) is 0.869. The number of benzene rings is 1. The Morgan fingerprint density at radius 3 is 2.33 bits per heavy atom. The molecule has 0 N–H and O–H groups in total. The van der Waals surface area contributed by atoms with E-state index in [0.29, 0.717) is 5.56 Å². The number of carbonyl (C=O) groups is 1. The molecule has 0 saturated heterocycles. The number of nitroso groups, excluding NO2 is 1. The standard InChI is InChI=1S/C8H6ClNO2/c9-8(11)7(10-12)6-4-2-1-3-5-6/h1-5,7H. The molecule has 1 atom stereocenters. The smallest absolute Gasteiger partial charge is 0.254 e. The first kappa shape index (κ1) is 8.87. The minimum Gasteiger partial charge on any atom is -0.278 e. The van der Waals surface area contributed by atoms with Crippen LogP contribution >= 0.6 is 11.6 Å². The summed E-state index contributed by atoms with van der Waals surface area (Å²) in [5, 5.41) is 1.87. The van der Waals surface area contributed by atoms with E-state index in [1.807, 2.05) is 0 Å². The van der Waals surface area contributed by atoms with E-state index in [2.05, 4.69) is 5.18 Å². The van der Waals surface area contributed by atoms with Crippen molar-refractivity contribution in [1.29, 1.82) is 0 Å². The minimum absolute atomic E-state index is 0.521. The molecule has 0 aromatic heterocycles. The van der Waals surface area contributed by atoms with Crippen LogP contribution in [0.3, 0.4) is 0 Å². The highest BCUT2D eigenvalue weighted by molar-refractivity contribution is 6.64. The van der Waals surface area contributed by atoms with Crippen LogP contribution in [-0.4, -0.2) is 5.24 Å². The third-order valence-electron chi connectivity index (χ3n) is 1.44. The molecule has 12 heavy (non-hydrogen) atoms. The van der Waals surface area contributed by atoms with Crippen molar-refractivity contribution < 1.29 is 4.79 Å². The highest BCUT2D eigenvalue weighted by atomic mass is 35.5. The fraction of sp³-hybridized carbons (Fsp3) is 0.125. The van der Waals surface area contributed by atoms with E-state index in [1.165, 1.54) is 0 Å². The second kappa shape index (κ2) is 3.97. The van der Waals surface area contributed by atoms with E-state index >= 15 is 0 Å². The van der Waals surface area contributed by atoms with Crippen LogP contribution in [0.25, 0.3) is 0 Å². The van der Waals surface area contributed by atoms with Crippen molar-refractivity contribution in [3.8, 4) is 0 Å². The molecule has 0 radical (unpaired) electrons. The summed E-state index contributed by atoms with van der Waals surface area (Å²) in [6.45, 7) is 0. The second-order valence-corrected chi connectivity index (χ2v) is 2.60. The lowest BCUT2D eigenvalue weighted by molar-refractivity contribution is -0.112. The lowest BCUT2D eigenvalue weighted by Crippen LogP contribution is -2.02. The molecule has 0 aliphatic rings. The van der Waals surface area contributed by atoms with E-state index in [0.717, 1.165) is 0 Å². The zero-order chi connectivity index (χ0) is 8.97. The lowest BCUT2D eigenvalue weighted by Gasteiger charge is -2.01. The molecule has 0 spiro atoms. The molecule has 1 unspecified atom stereocenters. The Morgan fingerprint density at radius 1 is 1.33 bits per heavy atom. The number of nitrogens with zero attached hydrogens (tertiary/aromatic N) is 1. The van der Waals surface area contributed by atoms with Gasteiger partial charge >= 0.3 is 0 Å². The second-order valence-electron chi connectivity index (χ2n) is 2.22. The van der Waals surface area contributed by atoms with Crippen molar-refractivity contribution >= 4 is 16.8 Å². The molecule has 1 aromatic rings. The molecule has 0 heterocycles. The van der Waals surface area contributed by atoms with Gasteiger partial charge in [0.25, 0.3) is 5.24 Å². The lowest BCUT2D eigenvalue weighted by atomic mass is 10.1. The minimum atomic E-state index is -1.08. The largest absolute Gasteiger partial charge is 0.278 e. The summed E-state index contributed by atoms with van der Waals surface area (Å²) in [5.74, 6) is 0. The summed E-state index contributed by atoms with van der Waals surface area (Å²) in [5.41, 5.74) is 0.521. The van der Waals surface area contributed by atoms with E-state index in [4.69, 9.17) is 11.6 Å². The molecule has 62 valence electrons. The maximum Gasteiger partial charge on any atom is 0.254 e. The van der Waals surface area contributed by atoms with Gasteiger partial charge in [0.05, 0.1) is 0 Å². The van der Waals surface area contributed by atoms with Gasteiger partial charge in [-0.1, -0.05) is 35.5 Å². The van der Waals surface area contributed by atoms with Crippen molar-refractivity contribution in [2.24, 2.45) is 5.18 Å². The van der Waals surface area contributed by atoms with Crippen LogP contribution in [0.5, 0.6) is 0 Å². The summed E-state index contributed by atoms with van der Waals surface area (Å²) in [4.78, 5) is 20.8. The predicted molar refractivity (Wildman–Crippen MR) is 45.8 cm³/mol. The van der Waals surface area contributed by atoms with Crippen LogP contribution in [0.15, 0.2) is 35.5 Å². The van der Waals surface area contributed by atoms with Gasteiger partial charge in [-0.3, -0.25) is 4.79 Å². The fourth-order valence-corrected chi connectivity index (χ4v) is 1.03. The maximum absolute atomic E-state index is 10.6. The molecule has 1 aromatic carbocycles. The first-order chi connectivity index (χ1) is 5.75. The average Bonchev–Trinajstić information content (AvgIpc) is 2.07. The molecule has 0 saturated carbocycles. The molecule has 4 heteroatoms.